The number of phenols is 1. The van der Waals surface area contributed by atoms with E-state index in [1.165, 1.54) is 6.07 Å². The number of halogens is 2. The monoisotopic (exact) mass is 383 g/mol. The number of aryl methyl sites for hydroxylation is 1. The van der Waals surface area contributed by atoms with Gasteiger partial charge in [0.25, 0.3) is 5.91 Å². The van der Waals surface area contributed by atoms with Crippen molar-refractivity contribution < 1.29 is 9.90 Å². The van der Waals surface area contributed by atoms with Crippen molar-refractivity contribution in [1.82, 2.24) is 0 Å². The maximum atomic E-state index is 12.1. The van der Waals surface area contributed by atoms with E-state index in [2.05, 4.69) is 37.2 Å². The van der Waals surface area contributed by atoms with Gasteiger partial charge in [-0.3, -0.25) is 4.79 Å². The molecular weight excluding hydrogens is 374 g/mol. The molecule has 2 N–H and O–H groups in total. The van der Waals surface area contributed by atoms with Crippen LogP contribution < -0.4 is 5.32 Å². The lowest BCUT2D eigenvalue weighted by molar-refractivity contribution is 0.102. The van der Waals surface area contributed by atoms with Crippen LogP contribution in [0.5, 0.6) is 5.75 Å². The lowest BCUT2D eigenvalue weighted by Crippen LogP contribution is -2.12. The molecular formula is C14H11Br2NO2. The third-order valence-electron chi connectivity index (χ3n) is 2.58. The van der Waals surface area contributed by atoms with Gasteiger partial charge in [0.05, 0.1) is 10.2 Å². The fourth-order valence-electron chi connectivity index (χ4n) is 1.58. The first-order valence-electron chi connectivity index (χ1n) is 5.53. The van der Waals surface area contributed by atoms with E-state index in [1.807, 2.05) is 25.1 Å². The van der Waals surface area contributed by atoms with Gasteiger partial charge in [-0.1, -0.05) is 6.07 Å². The standard InChI is InChI=1S/C14H11Br2NO2/c1-8-2-4-10(15)12(6-8)17-14(19)9-3-5-11(16)13(18)7-9/h2-7,18H,1H3,(H,17,19). The number of benzene rings is 2. The van der Waals surface area contributed by atoms with Crippen molar-refractivity contribution in [2.75, 3.05) is 5.32 Å². The van der Waals surface area contributed by atoms with E-state index in [0.717, 1.165) is 10.0 Å². The fourth-order valence-corrected chi connectivity index (χ4v) is 2.18. The number of rotatable bonds is 2. The molecule has 0 aliphatic heterocycles. The number of hydrogen-bond donors (Lipinski definition) is 2. The van der Waals surface area contributed by atoms with Gasteiger partial charge in [0.2, 0.25) is 0 Å². The Hall–Kier alpha value is -1.33. The number of amides is 1. The number of carbonyl (C=O) groups excluding carboxylic acids is 1. The number of carbonyl (C=O) groups is 1. The molecule has 0 saturated heterocycles. The van der Waals surface area contributed by atoms with Crippen LogP contribution in [0.25, 0.3) is 0 Å². The second-order valence-electron chi connectivity index (χ2n) is 4.10. The second kappa shape index (κ2) is 5.75. The zero-order valence-electron chi connectivity index (χ0n) is 10.1. The smallest absolute Gasteiger partial charge is 0.255 e. The molecule has 0 fully saturated rings. The average molecular weight is 385 g/mol. The molecule has 0 bridgehead atoms. The highest BCUT2D eigenvalue weighted by molar-refractivity contribution is 9.11. The Bertz CT molecular complexity index is 641. The van der Waals surface area contributed by atoms with Crippen molar-refractivity contribution in [2.45, 2.75) is 6.92 Å². The lowest BCUT2D eigenvalue weighted by atomic mass is 10.2. The fraction of sp³-hybridized carbons (Fsp3) is 0.0714. The Morgan fingerprint density at radius 1 is 1.11 bits per heavy atom. The van der Waals surface area contributed by atoms with Crippen LogP contribution in [0.2, 0.25) is 0 Å². The minimum absolute atomic E-state index is 0.0379. The minimum Gasteiger partial charge on any atom is -0.507 e. The van der Waals surface area contributed by atoms with E-state index in [-0.39, 0.29) is 11.7 Å². The number of hydrogen-bond acceptors (Lipinski definition) is 2. The van der Waals surface area contributed by atoms with Gasteiger partial charge in [-0.25, -0.2) is 0 Å². The normalized spacial score (nSPS) is 10.3. The summed E-state index contributed by atoms with van der Waals surface area (Å²) in [5.41, 5.74) is 2.15. The molecule has 1 amide bonds. The molecule has 0 heterocycles. The molecule has 0 saturated carbocycles. The molecule has 0 radical (unpaired) electrons. The van der Waals surface area contributed by atoms with Crippen LogP contribution in [0.4, 0.5) is 5.69 Å². The molecule has 0 atom stereocenters. The number of aromatic hydroxyl groups is 1. The third-order valence-corrected chi connectivity index (χ3v) is 3.94. The van der Waals surface area contributed by atoms with E-state index in [1.54, 1.807) is 12.1 Å². The van der Waals surface area contributed by atoms with Gasteiger partial charge in [0, 0.05) is 10.0 Å². The molecule has 19 heavy (non-hydrogen) atoms. The first-order chi connectivity index (χ1) is 8.97. The third kappa shape index (κ3) is 3.36. The SMILES string of the molecule is Cc1ccc(Br)c(NC(=O)c2ccc(Br)c(O)c2)c1. The maximum absolute atomic E-state index is 12.1. The summed E-state index contributed by atoms with van der Waals surface area (Å²) in [6.45, 7) is 1.95. The van der Waals surface area contributed by atoms with Crippen molar-refractivity contribution in [3.63, 3.8) is 0 Å². The summed E-state index contributed by atoms with van der Waals surface area (Å²) in [5, 5.41) is 12.4. The highest BCUT2D eigenvalue weighted by Gasteiger charge is 2.10. The number of nitrogens with one attached hydrogen (secondary N) is 1. The predicted molar refractivity (Wildman–Crippen MR) is 82.6 cm³/mol. The van der Waals surface area contributed by atoms with Crippen molar-refractivity contribution in [2.24, 2.45) is 0 Å². The van der Waals surface area contributed by atoms with Crippen LogP contribution >= 0.6 is 31.9 Å². The number of phenolic OH excluding ortho intramolecular Hbond substituents is 1. The van der Waals surface area contributed by atoms with Gasteiger partial charge in [0.15, 0.2) is 0 Å². The largest absolute Gasteiger partial charge is 0.507 e. The first kappa shape index (κ1) is 14.1. The highest BCUT2D eigenvalue weighted by atomic mass is 79.9. The molecule has 98 valence electrons. The molecule has 0 aromatic heterocycles. The van der Waals surface area contributed by atoms with Crippen molar-refractivity contribution in [3.8, 4) is 5.75 Å². The lowest BCUT2D eigenvalue weighted by Gasteiger charge is -2.09. The quantitative estimate of drug-likeness (QED) is 0.801. The van der Waals surface area contributed by atoms with E-state index >= 15 is 0 Å². The van der Waals surface area contributed by atoms with Crippen molar-refractivity contribution in [1.29, 1.82) is 0 Å². The summed E-state index contributed by atoms with van der Waals surface area (Å²) in [6.07, 6.45) is 0. The van der Waals surface area contributed by atoms with Crippen LogP contribution in [-0.4, -0.2) is 11.0 Å². The zero-order chi connectivity index (χ0) is 14.0. The molecule has 5 heteroatoms. The Morgan fingerprint density at radius 3 is 2.47 bits per heavy atom. The molecule has 2 aromatic carbocycles. The maximum Gasteiger partial charge on any atom is 0.255 e. The summed E-state index contributed by atoms with van der Waals surface area (Å²) in [6, 6.07) is 10.4. The molecule has 2 rings (SSSR count). The van der Waals surface area contributed by atoms with Gasteiger partial charge < -0.3 is 10.4 Å². The van der Waals surface area contributed by atoms with Crippen LogP contribution in [0.15, 0.2) is 45.3 Å². The molecule has 0 aliphatic carbocycles. The Kier molecular flexibility index (Phi) is 4.27. The Morgan fingerprint density at radius 2 is 1.79 bits per heavy atom. The van der Waals surface area contributed by atoms with Gasteiger partial charge in [-0.15, -0.1) is 0 Å². The Balaban J connectivity index is 2.25. The molecule has 0 aliphatic rings. The average Bonchev–Trinajstić information content (AvgIpc) is 2.37. The van der Waals surface area contributed by atoms with E-state index in [9.17, 15) is 9.90 Å². The molecule has 2 aromatic rings. The topological polar surface area (TPSA) is 49.3 Å². The summed E-state index contributed by atoms with van der Waals surface area (Å²) >= 11 is 6.56. The van der Waals surface area contributed by atoms with E-state index in [4.69, 9.17) is 0 Å². The molecule has 0 spiro atoms. The van der Waals surface area contributed by atoms with Crippen LogP contribution in [0.1, 0.15) is 15.9 Å². The van der Waals surface area contributed by atoms with Crippen molar-refractivity contribution in [3.05, 3.63) is 56.5 Å². The van der Waals surface area contributed by atoms with E-state index < -0.39 is 0 Å². The summed E-state index contributed by atoms with van der Waals surface area (Å²) in [4.78, 5) is 12.1. The van der Waals surface area contributed by atoms with Gasteiger partial charge in [-0.2, -0.15) is 0 Å². The predicted octanol–water partition coefficient (Wildman–Crippen LogP) is 4.48. The van der Waals surface area contributed by atoms with Crippen molar-refractivity contribution >= 4 is 43.5 Å². The molecule has 0 unspecified atom stereocenters. The number of anilines is 1. The minimum atomic E-state index is -0.269. The summed E-state index contributed by atoms with van der Waals surface area (Å²) in [5.74, 6) is -0.231. The van der Waals surface area contributed by atoms with Crippen LogP contribution in [0, 0.1) is 6.92 Å². The molecule has 3 nitrogen and oxygen atoms in total. The Labute approximate surface area is 127 Å². The van der Waals surface area contributed by atoms with Gasteiger partial charge in [-0.05, 0) is 74.7 Å². The van der Waals surface area contributed by atoms with Gasteiger partial charge >= 0.3 is 0 Å². The highest BCUT2D eigenvalue weighted by Crippen LogP contribution is 2.26. The van der Waals surface area contributed by atoms with Gasteiger partial charge in [0.1, 0.15) is 5.75 Å². The summed E-state index contributed by atoms with van der Waals surface area (Å²) < 4.78 is 1.37. The summed E-state index contributed by atoms with van der Waals surface area (Å²) in [7, 11) is 0. The van der Waals surface area contributed by atoms with Crippen LogP contribution in [0.3, 0.4) is 0 Å². The first-order valence-corrected chi connectivity index (χ1v) is 7.12. The van der Waals surface area contributed by atoms with E-state index in [0.29, 0.717) is 15.7 Å². The van der Waals surface area contributed by atoms with Crippen LogP contribution in [-0.2, 0) is 0 Å². The zero-order valence-corrected chi connectivity index (χ0v) is 13.2. The second-order valence-corrected chi connectivity index (χ2v) is 5.81.